The van der Waals surface area contributed by atoms with E-state index in [-0.39, 0.29) is 0 Å². The summed E-state index contributed by atoms with van der Waals surface area (Å²) >= 11 is 0. The molecule has 0 aliphatic carbocycles. The first kappa shape index (κ1) is 13.2. The van der Waals surface area contributed by atoms with Crippen LogP contribution < -0.4 is 14.8 Å². The van der Waals surface area contributed by atoms with E-state index in [1.54, 1.807) is 14.2 Å². The van der Waals surface area contributed by atoms with Gasteiger partial charge in [-0.2, -0.15) is 0 Å². The van der Waals surface area contributed by atoms with Gasteiger partial charge in [0, 0.05) is 5.56 Å². The third kappa shape index (κ3) is 2.46. The third-order valence-corrected chi connectivity index (χ3v) is 3.82. The molecule has 18 heavy (non-hydrogen) atoms. The highest BCUT2D eigenvalue weighted by Crippen LogP contribution is 2.39. The van der Waals surface area contributed by atoms with Gasteiger partial charge >= 0.3 is 0 Å². The Hall–Kier alpha value is -1.22. The zero-order chi connectivity index (χ0) is 13.0. The SMILES string of the molecule is CCc1c(C2CCNCC2)ccc(OC)c1OC. The summed E-state index contributed by atoms with van der Waals surface area (Å²) in [5.41, 5.74) is 2.75. The molecule has 1 aromatic carbocycles. The third-order valence-electron chi connectivity index (χ3n) is 3.82. The lowest BCUT2D eigenvalue weighted by atomic mass is 9.86. The van der Waals surface area contributed by atoms with E-state index in [0.29, 0.717) is 5.92 Å². The molecule has 3 heteroatoms. The van der Waals surface area contributed by atoms with E-state index in [9.17, 15) is 0 Å². The zero-order valence-electron chi connectivity index (χ0n) is 11.6. The van der Waals surface area contributed by atoms with Crippen molar-refractivity contribution >= 4 is 0 Å². The van der Waals surface area contributed by atoms with Crippen LogP contribution in [0.15, 0.2) is 12.1 Å². The molecular formula is C15H23NO2. The average molecular weight is 249 g/mol. The molecule has 3 nitrogen and oxygen atoms in total. The molecule has 1 N–H and O–H groups in total. The van der Waals surface area contributed by atoms with Crippen LogP contribution in [-0.2, 0) is 6.42 Å². The second-order valence-electron chi connectivity index (χ2n) is 4.75. The predicted molar refractivity (Wildman–Crippen MR) is 73.8 cm³/mol. The topological polar surface area (TPSA) is 30.5 Å². The van der Waals surface area contributed by atoms with E-state index < -0.39 is 0 Å². The Bertz CT molecular complexity index is 398. The highest BCUT2D eigenvalue weighted by Gasteiger charge is 2.21. The van der Waals surface area contributed by atoms with Crippen molar-refractivity contribution in [1.82, 2.24) is 5.32 Å². The van der Waals surface area contributed by atoms with Crippen LogP contribution in [0, 0.1) is 0 Å². The van der Waals surface area contributed by atoms with E-state index in [0.717, 1.165) is 31.0 Å². The van der Waals surface area contributed by atoms with Crippen molar-refractivity contribution in [2.45, 2.75) is 32.1 Å². The van der Waals surface area contributed by atoms with Crippen LogP contribution in [0.5, 0.6) is 11.5 Å². The monoisotopic (exact) mass is 249 g/mol. The smallest absolute Gasteiger partial charge is 0.164 e. The molecule has 0 spiro atoms. The highest BCUT2D eigenvalue weighted by atomic mass is 16.5. The number of methoxy groups -OCH3 is 2. The minimum atomic E-state index is 0.654. The molecule has 0 unspecified atom stereocenters. The average Bonchev–Trinajstić information content (AvgIpc) is 2.46. The molecule has 0 saturated carbocycles. The first-order chi connectivity index (χ1) is 8.81. The number of ether oxygens (including phenoxy) is 2. The van der Waals surface area contributed by atoms with Gasteiger partial charge in [-0.05, 0) is 49.9 Å². The summed E-state index contributed by atoms with van der Waals surface area (Å²) in [6.07, 6.45) is 3.41. The fraction of sp³-hybridized carbons (Fsp3) is 0.600. The molecule has 1 aliphatic heterocycles. The standard InChI is InChI=1S/C15H23NO2/c1-4-12-13(11-7-9-16-10-8-11)5-6-14(17-2)15(12)18-3/h5-6,11,16H,4,7-10H2,1-3H3. The van der Waals surface area contributed by atoms with Crippen molar-refractivity contribution in [3.05, 3.63) is 23.3 Å². The van der Waals surface area contributed by atoms with Crippen molar-refractivity contribution in [1.29, 1.82) is 0 Å². The second kappa shape index (κ2) is 6.10. The summed E-state index contributed by atoms with van der Waals surface area (Å²) in [5, 5.41) is 3.42. The van der Waals surface area contributed by atoms with Gasteiger partial charge in [0.25, 0.3) is 0 Å². The first-order valence-electron chi connectivity index (χ1n) is 6.76. The van der Waals surface area contributed by atoms with Gasteiger partial charge in [0.2, 0.25) is 0 Å². The molecule has 0 amide bonds. The van der Waals surface area contributed by atoms with Crippen molar-refractivity contribution in [3.63, 3.8) is 0 Å². The number of piperidine rings is 1. The van der Waals surface area contributed by atoms with E-state index in [2.05, 4.69) is 18.3 Å². The Morgan fingerprint density at radius 3 is 2.44 bits per heavy atom. The largest absolute Gasteiger partial charge is 0.493 e. The van der Waals surface area contributed by atoms with Crippen LogP contribution in [0.4, 0.5) is 0 Å². The Morgan fingerprint density at radius 1 is 1.17 bits per heavy atom. The first-order valence-corrected chi connectivity index (χ1v) is 6.76. The van der Waals surface area contributed by atoms with Gasteiger partial charge < -0.3 is 14.8 Å². The van der Waals surface area contributed by atoms with Crippen LogP contribution >= 0.6 is 0 Å². The summed E-state index contributed by atoms with van der Waals surface area (Å²) in [4.78, 5) is 0. The van der Waals surface area contributed by atoms with E-state index in [1.165, 1.54) is 24.0 Å². The maximum absolute atomic E-state index is 5.55. The molecule has 1 fully saturated rings. The van der Waals surface area contributed by atoms with E-state index in [4.69, 9.17) is 9.47 Å². The van der Waals surface area contributed by atoms with Crippen molar-refractivity contribution in [2.24, 2.45) is 0 Å². The van der Waals surface area contributed by atoms with Crippen molar-refractivity contribution < 1.29 is 9.47 Å². The minimum Gasteiger partial charge on any atom is -0.493 e. The Kier molecular flexibility index (Phi) is 4.48. The zero-order valence-corrected chi connectivity index (χ0v) is 11.6. The lowest BCUT2D eigenvalue weighted by Gasteiger charge is -2.26. The van der Waals surface area contributed by atoms with Crippen LogP contribution in [0.25, 0.3) is 0 Å². The van der Waals surface area contributed by atoms with Crippen LogP contribution in [0.1, 0.15) is 36.8 Å². The van der Waals surface area contributed by atoms with Crippen LogP contribution in [-0.4, -0.2) is 27.3 Å². The maximum Gasteiger partial charge on any atom is 0.164 e. The van der Waals surface area contributed by atoms with Gasteiger partial charge in [0.05, 0.1) is 14.2 Å². The Morgan fingerprint density at radius 2 is 1.89 bits per heavy atom. The summed E-state index contributed by atoms with van der Waals surface area (Å²) in [7, 11) is 3.42. The molecule has 0 bridgehead atoms. The molecule has 2 rings (SSSR count). The Balaban J connectivity index is 2.40. The summed E-state index contributed by atoms with van der Waals surface area (Å²) in [5.74, 6) is 2.41. The number of hydrogen-bond acceptors (Lipinski definition) is 3. The molecular weight excluding hydrogens is 226 g/mol. The lowest BCUT2D eigenvalue weighted by Crippen LogP contribution is -2.27. The van der Waals surface area contributed by atoms with Gasteiger partial charge in [-0.15, -0.1) is 0 Å². The van der Waals surface area contributed by atoms with Crippen LogP contribution in [0.3, 0.4) is 0 Å². The number of hydrogen-bond donors (Lipinski definition) is 1. The molecule has 1 saturated heterocycles. The van der Waals surface area contributed by atoms with E-state index in [1.807, 2.05) is 6.07 Å². The summed E-state index contributed by atoms with van der Waals surface area (Å²) in [6.45, 7) is 4.41. The fourth-order valence-corrected chi connectivity index (χ4v) is 2.89. The molecule has 0 radical (unpaired) electrons. The van der Waals surface area contributed by atoms with Gasteiger partial charge in [-0.3, -0.25) is 0 Å². The highest BCUT2D eigenvalue weighted by molar-refractivity contribution is 5.52. The molecule has 100 valence electrons. The molecule has 0 aromatic heterocycles. The maximum atomic E-state index is 5.55. The minimum absolute atomic E-state index is 0.654. The molecule has 1 aromatic rings. The quantitative estimate of drug-likeness (QED) is 0.890. The van der Waals surface area contributed by atoms with Gasteiger partial charge in [-0.25, -0.2) is 0 Å². The number of benzene rings is 1. The number of rotatable bonds is 4. The fourth-order valence-electron chi connectivity index (χ4n) is 2.89. The summed E-state index contributed by atoms with van der Waals surface area (Å²) in [6, 6.07) is 4.26. The molecule has 0 atom stereocenters. The molecule has 1 heterocycles. The van der Waals surface area contributed by atoms with Gasteiger partial charge in [-0.1, -0.05) is 13.0 Å². The van der Waals surface area contributed by atoms with Gasteiger partial charge in [0.15, 0.2) is 11.5 Å². The Labute approximate surface area is 109 Å². The predicted octanol–water partition coefficient (Wildman–Crippen LogP) is 2.73. The normalized spacial score (nSPS) is 16.6. The van der Waals surface area contributed by atoms with E-state index >= 15 is 0 Å². The van der Waals surface area contributed by atoms with Crippen molar-refractivity contribution in [2.75, 3.05) is 27.3 Å². The number of nitrogens with one attached hydrogen (secondary N) is 1. The molecule has 1 aliphatic rings. The van der Waals surface area contributed by atoms with Crippen molar-refractivity contribution in [3.8, 4) is 11.5 Å². The van der Waals surface area contributed by atoms with Gasteiger partial charge in [0.1, 0.15) is 0 Å². The second-order valence-corrected chi connectivity index (χ2v) is 4.75. The lowest BCUT2D eigenvalue weighted by molar-refractivity contribution is 0.350. The van der Waals surface area contributed by atoms with Crippen LogP contribution in [0.2, 0.25) is 0 Å². The summed E-state index contributed by atoms with van der Waals surface area (Å²) < 4.78 is 10.9.